The summed E-state index contributed by atoms with van der Waals surface area (Å²) in [7, 11) is 0. The van der Waals surface area contributed by atoms with Gasteiger partial charge in [-0.3, -0.25) is 4.98 Å². The number of benzene rings is 1. The highest BCUT2D eigenvalue weighted by atomic mass is 35.5. The molecule has 0 aliphatic heterocycles. The summed E-state index contributed by atoms with van der Waals surface area (Å²) in [4.78, 5) is 8.03. The van der Waals surface area contributed by atoms with Crippen LogP contribution in [0.1, 0.15) is 0 Å². The maximum atomic E-state index is 5.96. The summed E-state index contributed by atoms with van der Waals surface area (Å²) in [6.07, 6.45) is 4.89. The molecule has 3 nitrogen and oxygen atoms in total. The van der Waals surface area contributed by atoms with Crippen LogP contribution in [0.2, 0.25) is 5.02 Å². The van der Waals surface area contributed by atoms with Crippen LogP contribution in [0.25, 0.3) is 0 Å². The maximum Gasteiger partial charge on any atom is 0.148 e. The van der Waals surface area contributed by atoms with Gasteiger partial charge in [-0.15, -0.1) is 0 Å². The number of para-hydroxylation sites is 1. The fraction of sp³-hybridized carbons (Fsp3) is 0. The van der Waals surface area contributed by atoms with Crippen molar-refractivity contribution in [2.75, 3.05) is 5.32 Å². The number of halogens is 1. The molecule has 1 heterocycles. The molecule has 0 amide bonds. The Hall–Kier alpha value is -1.61. The average Bonchev–Trinajstić information content (AvgIpc) is 2.23. The minimum atomic E-state index is 0.665. The molecular formula is C10H8ClN3. The zero-order valence-electron chi connectivity index (χ0n) is 7.31. The van der Waals surface area contributed by atoms with E-state index in [0.29, 0.717) is 10.8 Å². The van der Waals surface area contributed by atoms with E-state index in [2.05, 4.69) is 15.3 Å². The minimum Gasteiger partial charge on any atom is -0.338 e. The third kappa shape index (κ3) is 2.00. The van der Waals surface area contributed by atoms with E-state index in [0.717, 1.165) is 5.69 Å². The molecule has 0 atom stereocenters. The molecule has 0 unspecified atom stereocenters. The summed E-state index contributed by atoms with van der Waals surface area (Å²) < 4.78 is 0. The number of nitrogens with zero attached hydrogens (tertiary/aromatic N) is 2. The molecule has 14 heavy (non-hydrogen) atoms. The third-order valence-corrected chi connectivity index (χ3v) is 2.03. The van der Waals surface area contributed by atoms with Crippen LogP contribution in [0.5, 0.6) is 0 Å². The zero-order valence-corrected chi connectivity index (χ0v) is 8.07. The lowest BCUT2D eigenvalue weighted by Crippen LogP contribution is -1.93. The first kappa shape index (κ1) is 8.97. The molecule has 4 heteroatoms. The van der Waals surface area contributed by atoms with E-state index in [1.54, 1.807) is 18.6 Å². The van der Waals surface area contributed by atoms with Crippen LogP contribution in [0, 0.1) is 0 Å². The highest BCUT2D eigenvalue weighted by molar-refractivity contribution is 6.33. The second-order valence-electron chi connectivity index (χ2n) is 2.70. The second kappa shape index (κ2) is 4.07. The quantitative estimate of drug-likeness (QED) is 0.819. The van der Waals surface area contributed by atoms with Gasteiger partial charge in [-0.05, 0) is 12.1 Å². The lowest BCUT2D eigenvalue weighted by Gasteiger charge is -2.05. The van der Waals surface area contributed by atoms with Crippen LogP contribution < -0.4 is 5.32 Å². The van der Waals surface area contributed by atoms with Gasteiger partial charge in [0, 0.05) is 12.4 Å². The van der Waals surface area contributed by atoms with Crippen LogP contribution >= 0.6 is 11.6 Å². The molecule has 1 aromatic heterocycles. The first-order chi connectivity index (χ1) is 6.86. The van der Waals surface area contributed by atoms with E-state index in [1.807, 2.05) is 24.3 Å². The standard InChI is InChI=1S/C10H8ClN3/c11-8-3-1-2-4-9(8)14-10-7-12-5-6-13-10/h1-7H,(H,13,14). The Morgan fingerprint density at radius 1 is 1.14 bits per heavy atom. The van der Waals surface area contributed by atoms with Crippen molar-refractivity contribution in [3.05, 3.63) is 47.9 Å². The van der Waals surface area contributed by atoms with Gasteiger partial charge in [-0.2, -0.15) is 0 Å². The average molecular weight is 206 g/mol. The maximum absolute atomic E-state index is 5.96. The topological polar surface area (TPSA) is 37.8 Å². The number of hydrogen-bond acceptors (Lipinski definition) is 3. The molecule has 0 radical (unpaired) electrons. The van der Waals surface area contributed by atoms with E-state index in [-0.39, 0.29) is 0 Å². The summed E-state index contributed by atoms with van der Waals surface area (Å²) in [6, 6.07) is 7.49. The molecule has 70 valence electrons. The minimum absolute atomic E-state index is 0.665. The molecule has 2 aromatic rings. The fourth-order valence-electron chi connectivity index (χ4n) is 1.06. The van der Waals surface area contributed by atoms with Crippen molar-refractivity contribution >= 4 is 23.1 Å². The highest BCUT2D eigenvalue weighted by Gasteiger charge is 1.98. The van der Waals surface area contributed by atoms with Crippen LogP contribution in [0.3, 0.4) is 0 Å². The molecule has 0 aliphatic carbocycles. The molecule has 1 N–H and O–H groups in total. The lowest BCUT2D eigenvalue weighted by atomic mass is 10.3. The summed E-state index contributed by atoms with van der Waals surface area (Å²) in [5.74, 6) is 0.681. The van der Waals surface area contributed by atoms with E-state index >= 15 is 0 Å². The Bertz CT molecular complexity index is 417. The van der Waals surface area contributed by atoms with E-state index < -0.39 is 0 Å². The smallest absolute Gasteiger partial charge is 0.148 e. The Balaban J connectivity index is 2.24. The number of nitrogens with one attached hydrogen (secondary N) is 1. The first-order valence-electron chi connectivity index (χ1n) is 4.14. The Kier molecular flexibility index (Phi) is 2.60. The largest absolute Gasteiger partial charge is 0.338 e. The van der Waals surface area contributed by atoms with Crippen molar-refractivity contribution < 1.29 is 0 Å². The van der Waals surface area contributed by atoms with Crippen molar-refractivity contribution in [1.82, 2.24) is 9.97 Å². The van der Waals surface area contributed by atoms with Gasteiger partial charge >= 0.3 is 0 Å². The van der Waals surface area contributed by atoms with Crippen molar-refractivity contribution in [3.63, 3.8) is 0 Å². The summed E-state index contributed by atoms with van der Waals surface area (Å²) >= 11 is 5.96. The summed E-state index contributed by atoms with van der Waals surface area (Å²) in [5.41, 5.74) is 0.828. The number of rotatable bonds is 2. The van der Waals surface area contributed by atoms with Crippen molar-refractivity contribution in [3.8, 4) is 0 Å². The van der Waals surface area contributed by atoms with Crippen LogP contribution in [0.15, 0.2) is 42.9 Å². The number of anilines is 2. The van der Waals surface area contributed by atoms with Crippen LogP contribution in [-0.2, 0) is 0 Å². The van der Waals surface area contributed by atoms with Gasteiger partial charge in [0.2, 0.25) is 0 Å². The van der Waals surface area contributed by atoms with Crippen LogP contribution in [-0.4, -0.2) is 9.97 Å². The number of hydrogen-bond donors (Lipinski definition) is 1. The van der Waals surface area contributed by atoms with E-state index in [9.17, 15) is 0 Å². The SMILES string of the molecule is Clc1ccccc1Nc1cnccn1. The molecule has 0 saturated heterocycles. The molecular weight excluding hydrogens is 198 g/mol. The second-order valence-corrected chi connectivity index (χ2v) is 3.10. The zero-order chi connectivity index (χ0) is 9.80. The van der Waals surface area contributed by atoms with Gasteiger partial charge in [0.15, 0.2) is 0 Å². The predicted octanol–water partition coefficient (Wildman–Crippen LogP) is 2.87. The molecule has 2 rings (SSSR count). The molecule has 1 aromatic carbocycles. The van der Waals surface area contributed by atoms with Crippen LogP contribution in [0.4, 0.5) is 11.5 Å². The van der Waals surface area contributed by atoms with E-state index in [1.165, 1.54) is 0 Å². The Labute approximate surface area is 86.8 Å². The molecule has 0 bridgehead atoms. The van der Waals surface area contributed by atoms with Gasteiger partial charge in [0.25, 0.3) is 0 Å². The monoisotopic (exact) mass is 205 g/mol. The third-order valence-electron chi connectivity index (χ3n) is 1.70. The molecule has 0 fully saturated rings. The van der Waals surface area contributed by atoms with Crippen molar-refractivity contribution in [2.45, 2.75) is 0 Å². The van der Waals surface area contributed by atoms with Gasteiger partial charge in [-0.25, -0.2) is 4.98 Å². The van der Waals surface area contributed by atoms with Gasteiger partial charge in [0.05, 0.1) is 16.9 Å². The summed E-state index contributed by atoms with van der Waals surface area (Å²) in [5, 5.41) is 3.73. The molecule has 0 aliphatic rings. The van der Waals surface area contributed by atoms with Gasteiger partial charge in [-0.1, -0.05) is 23.7 Å². The molecule has 0 saturated carbocycles. The highest BCUT2D eigenvalue weighted by Crippen LogP contribution is 2.22. The first-order valence-corrected chi connectivity index (χ1v) is 4.51. The Morgan fingerprint density at radius 3 is 2.71 bits per heavy atom. The Morgan fingerprint density at radius 2 is 2.00 bits per heavy atom. The van der Waals surface area contributed by atoms with Crippen molar-refractivity contribution in [2.24, 2.45) is 0 Å². The lowest BCUT2D eigenvalue weighted by molar-refractivity contribution is 1.20. The van der Waals surface area contributed by atoms with E-state index in [4.69, 9.17) is 11.6 Å². The van der Waals surface area contributed by atoms with Gasteiger partial charge < -0.3 is 5.32 Å². The number of aromatic nitrogens is 2. The van der Waals surface area contributed by atoms with Crippen molar-refractivity contribution in [1.29, 1.82) is 0 Å². The predicted molar refractivity (Wildman–Crippen MR) is 56.8 cm³/mol. The molecule has 0 spiro atoms. The van der Waals surface area contributed by atoms with Gasteiger partial charge in [0.1, 0.15) is 5.82 Å². The summed E-state index contributed by atoms with van der Waals surface area (Å²) in [6.45, 7) is 0. The fourth-order valence-corrected chi connectivity index (χ4v) is 1.25. The normalized spacial score (nSPS) is 9.79.